The SMILES string of the molecule is CC[n+]1cc2c(O)cc(O)cc2o1. The van der Waals surface area contributed by atoms with Crippen molar-refractivity contribution in [1.82, 2.24) is 0 Å². The highest BCUT2D eigenvalue weighted by atomic mass is 16.5. The van der Waals surface area contributed by atoms with Crippen molar-refractivity contribution in [2.75, 3.05) is 0 Å². The van der Waals surface area contributed by atoms with Gasteiger partial charge in [0.25, 0.3) is 0 Å². The number of hydrogen-bond donors (Lipinski definition) is 2. The molecule has 0 saturated carbocycles. The average Bonchev–Trinajstić information content (AvgIpc) is 2.47. The lowest BCUT2D eigenvalue weighted by molar-refractivity contribution is -0.857. The van der Waals surface area contributed by atoms with E-state index in [1.54, 1.807) is 10.9 Å². The van der Waals surface area contributed by atoms with Gasteiger partial charge in [0.1, 0.15) is 16.9 Å². The topological polar surface area (TPSA) is 57.5 Å². The van der Waals surface area contributed by atoms with E-state index in [-0.39, 0.29) is 11.5 Å². The van der Waals surface area contributed by atoms with Gasteiger partial charge < -0.3 is 10.2 Å². The second kappa shape index (κ2) is 2.65. The second-order valence-electron chi connectivity index (χ2n) is 2.83. The van der Waals surface area contributed by atoms with Crippen molar-refractivity contribution in [3.05, 3.63) is 18.3 Å². The molecule has 0 radical (unpaired) electrons. The van der Waals surface area contributed by atoms with Gasteiger partial charge in [0, 0.05) is 12.1 Å². The maximum Gasteiger partial charge on any atom is 0.231 e. The summed E-state index contributed by atoms with van der Waals surface area (Å²) in [6.07, 6.45) is 1.70. The number of benzene rings is 1. The molecule has 0 bridgehead atoms. The van der Waals surface area contributed by atoms with Crippen LogP contribution in [0.1, 0.15) is 6.92 Å². The summed E-state index contributed by atoms with van der Waals surface area (Å²) in [7, 11) is 0. The highest BCUT2D eigenvalue weighted by Crippen LogP contribution is 2.28. The first-order valence-electron chi connectivity index (χ1n) is 4.06. The Kier molecular flexibility index (Phi) is 1.62. The van der Waals surface area contributed by atoms with Gasteiger partial charge in [-0.05, 0) is 11.7 Å². The maximum atomic E-state index is 9.43. The van der Waals surface area contributed by atoms with Gasteiger partial charge in [-0.2, -0.15) is 0 Å². The molecule has 0 saturated heterocycles. The molecule has 0 aliphatic carbocycles. The van der Waals surface area contributed by atoms with Crippen molar-refractivity contribution in [3.63, 3.8) is 0 Å². The van der Waals surface area contributed by atoms with Gasteiger partial charge in [-0.3, -0.25) is 0 Å². The normalized spacial score (nSPS) is 10.8. The summed E-state index contributed by atoms with van der Waals surface area (Å²) in [4.78, 5) is 0. The summed E-state index contributed by atoms with van der Waals surface area (Å²) in [5.41, 5.74) is 0.486. The molecule has 0 unspecified atom stereocenters. The molecule has 1 heterocycles. The van der Waals surface area contributed by atoms with Crippen LogP contribution in [0.3, 0.4) is 0 Å². The van der Waals surface area contributed by atoms with E-state index >= 15 is 0 Å². The molecule has 0 aliphatic heterocycles. The zero-order valence-electron chi connectivity index (χ0n) is 7.19. The van der Waals surface area contributed by atoms with Crippen molar-refractivity contribution in [2.45, 2.75) is 13.5 Å². The molecule has 68 valence electrons. The number of aromatic nitrogens is 1. The average molecular weight is 180 g/mol. The smallest absolute Gasteiger partial charge is 0.231 e. The molecule has 2 aromatic rings. The number of aromatic hydroxyl groups is 2. The first kappa shape index (κ1) is 7.91. The number of phenolic OH excluding ortho intramolecular Hbond substituents is 2. The van der Waals surface area contributed by atoms with Crippen LogP contribution in [0.25, 0.3) is 11.0 Å². The third-order valence-electron chi connectivity index (χ3n) is 1.91. The molecular weight excluding hydrogens is 170 g/mol. The lowest BCUT2D eigenvalue weighted by Crippen LogP contribution is -2.27. The van der Waals surface area contributed by atoms with E-state index in [0.717, 1.165) is 0 Å². The standard InChI is InChI=1S/C9H9NO3/c1-2-10-5-7-8(12)3-6(11)4-9(7)13-10/h3-5H,2H2,1H3,(H,11,12)/p+1. The van der Waals surface area contributed by atoms with Gasteiger partial charge in [0.05, 0.1) is 0 Å². The van der Waals surface area contributed by atoms with Crippen LogP contribution in [0.15, 0.2) is 22.9 Å². The number of fused-ring (bicyclic) bond motifs is 1. The fourth-order valence-corrected chi connectivity index (χ4v) is 1.26. The van der Waals surface area contributed by atoms with E-state index < -0.39 is 0 Å². The Bertz CT molecular complexity index is 447. The minimum absolute atomic E-state index is 0.00241. The van der Waals surface area contributed by atoms with Gasteiger partial charge >= 0.3 is 0 Å². The molecule has 0 atom stereocenters. The van der Waals surface area contributed by atoms with Crippen molar-refractivity contribution in [1.29, 1.82) is 0 Å². The van der Waals surface area contributed by atoms with Crippen LogP contribution in [0.5, 0.6) is 11.5 Å². The molecule has 2 N–H and O–H groups in total. The molecule has 13 heavy (non-hydrogen) atoms. The van der Waals surface area contributed by atoms with Crippen molar-refractivity contribution in [2.24, 2.45) is 0 Å². The number of hydrogen-bond acceptors (Lipinski definition) is 3. The summed E-state index contributed by atoms with van der Waals surface area (Å²) >= 11 is 0. The summed E-state index contributed by atoms with van der Waals surface area (Å²) < 4.78 is 6.86. The Labute approximate surface area is 74.6 Å². The number of aryl methyl sites for hydroxylation is 1. The van der Waals surface area contributed by atoms with E-state index in [1.165, 1.54) is 12.1 Å². The first-order valence-corrected chi connectivity index (χ1v) is 4.06. The highest BCUT2D eigenvalue weighted by molar-refractivity contribution is 5.83. The highest BCUT2D eigenvalue weighted by Gasteiger charge is 2.13. The number of rotatable bonds is 1. The monoisotopic (exact) mass is 180 g/mol. The van der Waals surface area contributed by atoms with Crippen molar-refractivity contribution >= 4 is 11.0 Å². The predicted molar refractivity (Wildman–Crippen MR) is 45.4 cm³/mol. The van der Waals surface area contributed by atoms with Crippen molar-refractivity contribution < 1.29 is 19.5 Å². The number of phenols is 2. The molecule has 0 fully saturated rings. The molecule has 0 spiro atoms. The van der Waals surface area contributed by atoms with E-state index in [1.807, 2.05) is 6.92 Å². The third-order valence-corrected chi connectivity index (χ3v) is 1.91. The van der Waals surface area contributed by atoms with Gasteiger partial charge in [0.2, 0.25) is 11.8 Å². The molecule has 1 aromatic carbocycles. The Hall–Kier alpha value is -1.71. The minimum atomic E-state index is 0.00241. The minimum Gasteiger partial charge on any atom is -0.508 e. The molecule has 2 rings (SSSR count). The molecule has 1 aromatic heterocycles. The lowest BCUT2D eigenvalue weighted by Gasteiger charge is -1.91. The summed E-state index contributed by atoms with van der Waals surface area (Å²) in [5, 5.41) is 19.2. The summed E-state index contributed by atoms with van der Waals surface area (Å²) in [6, 6.07) is 2.76. The molecule has 4 heteroatoms. The summed E-state index contributed by atoms with van der Waals surface area (Å²) in [5.74, 6) is 0.0357. The van der Waals surface area contributed by atoms with E-state index in [2.05, 4.69) is 0 Å². The quantitative estimate of drug-likeness (QED) is 0.647. The first-order chi connectivity index (χ1) is 6.20. The van der Waals surface area contributed by atoms with Gasteiger partial charge in [0.15, 0.2) is 6.54 Å². The Morgan fingerprint density at radius 2 is 2.15 bits per heavy atom. The predicted octanol–water partition coefficient (Wildman–Crippen LogP) is 1.15. The van der Waals surface area contributed by atoms with E-state index in [4.69, 9.17) is 9.63 Å². The molecule has 4 nitrogen and oxygen atoms in total. The third kappa shape index (κ3) is 1.20. The van der Waals surface area contributed by atoms with Crippen LogP contribution in [0.4, 0.5) is 0 Å². The fourth-order valence-electron chi connectivity index (χ4n) is 1.26. The lowest BCUT2D eigenvalue weighted by atomic mass is 10.2. The van der Waals surface area contributed by atoms with E-state index in [9.17, 15) is 5.11 Å². The number of nitrogens with zero attached hydrogens (tertiary/aromatic N) is 1. The molecular formula is C9H10NO3+. The van der Waals surface area contributed by atoms with Gasteiger partial charge in [-0.25, -0.2) is 4.52 Å². The molecule has 0 amide bonds. The zero-order chi connectivity index (χ0) is 9.42. The van der Waals surface area contributed by atoms with Crippen LogP contribution in [0, 0.1) is 0 Å². The molecule has 0 aliphatic rings. The van der Waals surface area contributed by atoms with Crippen LogP contribution in [0.2, 0.25) is 0 Å². The zero-order valence-corrected chi connectivity index (χ0v) is 7.19. The van der Waals surface area contributed by atoms with Gasteiger partial charge in [-0.1, -0.05) is 0 Å². The maximum absolute atomic E-state index is 9.43. The fraction of sp³-hybridized carbons (Fsp3) is 0.222. The largest absolute Gasteiger partial charge is 0.508 e. The Balaban J connectivity index is 2.75. The van der Waals surface area contributed by atoms with Crippen molar-refractivity contribution in [3.8, 4) is 11.5 Å². The van der Waals surface area contributed by atoms with Crippen LogP contribution >= 0.6 is 0 Å². The second-order valence-corrected chi connectivity index (χ2v) is 2.83. The van der Waals surface area contributed by atoms with Crippen LogP contribution < -0.4 is 4.74 Å². The van der Waals surface area contributed by atoms with Crippen LogP contribution in [-0.4, -0.2) is 10.2 Å². The van der Waals surface area contributed by atoms with E-state index in [0.29, 0.717) is 17.5 Å². The Morgan fingerprint density at radius 3 is 2.85 bits per heavy atom. The Morgan fingerprint density at radius 1 is 1.38 bits per heavy atom. The van der Waals surface area contributed by atoms with Crippen LogP contribution in [-0.2, 0) is 6.54 Å². The summed E-state index contributed by atoms with van der Waals surface area (Å²) in [6.45, 7) is 2.62. The van der Waals surface area contributed by atoms with Gasteiger partial charge in [-0.15, -0.1) is 0 Å².